The van der Waals surface area contributed by atoms with Crippen LogP contribution in [0, 0.1) is 5.41 Å². The van der Waals surface area contributed by atoms with Crippen molar-refractivity contribution in [1.82, 2.24) is 9.80 Å². The summed E-state index contributed by atoms with van der Waals surface area (Å²) in [4.78, 5) is 5.26. The molecule has 1 atom stereocenters. The Morgan fingerprint density at radius 2 is 1.76 bits per heavy atom. The molecule has 0 saturated carbocycles. The average Bonchev–Trinajstić information content (AvgIpc) is 3.23. The molecule has 0 aliphatic carbocycles. The normalized spacial score (nSPS) is 22.6. The first-order valence-electron chi connectivity index (χ1n) is 10.9. The summed E-state index contributed by atoms with van der Waals surface area (Å²) in [6.45, 7) is 5.86. The molecule has 2 aliphatic rings. The Morgan fingerprint density at radius 1 is 1.00 bits per heavy atom. The van der Waals surface area contributed by atoms with Gasteiger partial charge >= 0.3 is 0 Å². The van der Waals surface area contributed by atoms with Gasteiger partial charge in [0.15, 0.2) is 0 Å². The summed E-state index contributed by atoms with van der Waals surface area (Å²) in [6, 6.07) is 19.8. The molecule has 0 spiro atoms. The van der Waals surface area contributed by atoms with E-state index in [-0.39, 0.29) is 12.0 Å². The molecular formula is C25H34N2O2. The van der Waals surface area contributed by atoms with E-state index in [0.717, 1.165) is 51.2 Å². The van der Waals surface area contributed by atoms with Crippen LogP contribution in [0.1, 0.15) is 30.4 Å². The van der Waals surface area contributed by atoms with E-state index < -0.39 is 0 Å². The van der Waals surface area contributed by atoms with E-state index >= 15 is 0 Å². The van der Waals surface area contributed by atoms with Gasteiger partial charge in [0.05, 0.1) is 7.11 Å². The number of hydrogen-bond donors (Lipinski definition) is 1. The molecule has 4 nitrogen and oxygen atoms in total. The summed E-state index contributed by atoms with van der Waals surface area (Å²) in [5.74, 6) is 0.900. The van der Waals surface area contributed by atoms with E-state index in [0.29, 0.717) is 6.04 Å². The van der Waals surface area contributed by atoms with Crippen LogP contribution in [0.15, 0.2) is 54.6 Å². The van der Waals surface area contributed by atoms with Crippen LogP contribution in [0.3, 0.4) is 0 Å². The van der Waals surface area contributed by atoms with Gasteiger partial charge in [-0.2, -0.15) is 0 Å². The van der Waals surface area contributed by atoms with Crippen LogP contribution < -0.4 is 4.74 Å². The van der Waals surface area contributed by atoms with Gasteiger partial charge in [-0.15, -0.1) is 0 Å². The molecule has 2 saturated heterocycles. The number of aliphatic hydroxyl groups excluding tert-OH is 1. The van der Waals surface area contributed by atoms with Gasteiger partial charge < -0.3 is 9.84 Å². The van der Waals surface area contributed by atoms with E-state index in [2.05, 4.69) is 52.3 Å². The number of likely N-dealkylation sites (tertiary alicyclic amines) is 2. The highest BCUT2D eigenvalue weighted by molar-refractivity contribution is 5.29. The van der Waals surface area contributed by atoms with Crippen molar-refractivity contribution in [2.24, 2.45) is 5.41 Å². The van der Waals surface area contributed by atoms with E-state index in [1.807, 2.05) is 12.1 Å². The van der Waals surface area contributed by atoms with Crippen LogP contribution >= 0.6 is 0 Å². The van der Waals surface area contributed by atoms with E-state index in [4.69, 9.17) is 4.74 Å². The van der Waals surface area contributed by atoms with Crippen LogP contribution in [0.4, 0.5) is 0 Å². The van der Waals surface area contributed by atoms with Gasteiger partial charge in [-0.1, -0.05) is 42.5 Å². The number of rotatable bonds is 7. The minimum absolute atomic E-state index is 0.00515. The third kappa shape index (κ3) is 5.00. The molecule has 29 heavy (non-hydrogen) atoms. The lowest BCUT2D eigenvalue weighted by atomic mass is 9.74. The Labute approximate surface area is 175 Å². The molecule has 2 aromatic carbocycles. The van der Waals surface area contributed by atoms with Gasteiger partial charge in [-0.25, -0.2) is 0 Å². The zero-order valence-electron chi connectivity index (χ0n) is 17.6. The summed E-state index contributed by atoms with van der Waals surface area (Å²) in [7, 11) is 1.71. The van der Waals surface area contributed by atoms with Gasteiger partial charge in [-0.3, -0.25) is 9.80 Å². The molecule has 4 heteroatoms. The predicted octanol–water partition coefficient (Wildman–Crippen LogP) is 3.59. The molecular weight excluding hydrogens is 360 g/mol. The SMILES string of the molecule is COc1cccc(CC2(CO)CCN(C3CCN(Cc4ccccc4)C3)CC2)c1. The number of hydrogen-bond acceptors (Lipinski definition) is 4. The van der Waals surface area contributed by atoms with Crippen LogP contribution in [0.25, 0.3) is 0 Å². The number of methoxy groups -OCH3 is 1. The van der Waals surface area contributed by atoms with Crippen molar-refractivity contribution in [1.29, 1.82) is 0 Å². The first-order valence-corrected chi connectivity index (χ1v) is 10.9. The maximum Gasteiger partial charge on any atom is 0.119 e. The minimum atomic E-state index is 0.00515. The Bertz CT molecular complexity index is 771. The lowest BCUT2D eigenvalue weighted by Gasteiger charge is -2.43. The fraction of sp³-hybridized carbons (Fsp3) is 0.520. The second-order valence-corrected chi connectivity index (χ2v) is 8.89. The lowest BCUT2D eigenvalue weighted by Crippen LogP contribution is -2.48. The third-order valence-corrected chi connectivity index (χ3v) is 6.92. The van der Waals surface area contributed by atoms with Gasteiger partial charge in [0, 0.05) is 32.3 Å². The van der Waals surface area contributed by atoms with Crippen LogP contribution in [-0.2, 0) is 13.0 Å². The molecule has 0 aromatic heterocycles. The van der Waals surface area contributed by atoms with Crippen LogP contribution in [0.2, 0.25) is 0 Å². The maximum absolute atomic E-state index is 10.2. The molecule has 0 amide bonds. The van der Waals surface area contributed by atoms with Crippen molar-refractivity contribution in [3.8, 4) is 5.75 Å². The second-order valence-electron chi connectivity index (χ2n) is 8.89. The Hall–Kier alpha value is -1.88. The average molecular weight is 395 g/mol. The molecule has 4 rings (SSSR count). The Kier molecular flexibility index (Phi) is 6.53. The highest BCUT2D eigenvalue weighted by Crippen LogP contribution is 2.37. The Balaban J connectivity index is 1.31. The van der Waals surface area contributed by atoms with Crippen molar-refractivity contribution in [2.45, 2.75) is 38.3 Å². The van der Waals surface area contributed by atoms with Gasteiger partial charge in [0.25, 0.3) is 0 Å². The van der Waals surface area contributed by atoms with Crippen molar-refractivity contribution in [2.75, 3.05) is 39.9 Å². The number of ether oxygens (including phenoxy) is 1. The van der Waals surface area contributed by atoms with Crippen molar-refractivity contribution in [3.05, 3.63) is 65.7 Å². The number of aliphatic hydroxyl groups is 1. The van der Waals surface area contributed by atoms with Crippen molar-refractivity contribution < 1.29 is 9.84 Å². The van der Waals surface area contributed by atoms with Gasteiger partial charge in [-0.05, 0) is 67.4 Å². The monoisotopic (exact) mass is 394 g/mol. The summed E-state index contributed by atoms with van der Waals surface area (Å²) in [5.41, 5.74) is 2.68. The Morgan fingerprint density at radius 3 is 2.48 bits per heavy atom. The maximum atomic E-state index is 10.2. The first kappa shape index (κ1) is 20.4. The summed E-state index contributed by atoms with van der Waals surface area (Å²) < 4.78 is 5.37. The molecule has 2 aliphatic heterocycles. The minimum Gasteiger partial charge on any atom is -0.497 e. The lowest BCUT2D eigenvalue weighted by molar-refractivity contribution is 0.0285. The van der Waals surface area contributed by atoms with Crippen molar-refractivity contribution >= 4 is 0 Å². The molecule has 2 fully saturated rings. The molecule has 156 valence electrons. The predicted molar refractivity (Wildman–Crippen MR) is 117 cm³/mol. The fourth-order valence-electron chi connectivity index (χ4n) is 5.07. The number of piperidine rings is 1. The summed E-state index contributed by atoms with van der Waals surface area (Å²) in [6.07, 6.45) is 4.32. The molecule has 2 heterocycles. The second kappa shape index (κ2) is 9.29. The van der Waals surface area contributed by atoms with E-state index in [9.17, 15) is 5.11 Å². The summed E-state index contributed by atoms with van der Waals surface area (Å²) in [5, 5.41) is 10.2. The zero-order valence-corrected chi connectivity index (χ0v) is 17.6. The van der Waals surface area contributed by atoms with Gasteiger partial charge in [0.2, 0.25) is 0 Å². The largest absolute Gasteiger partial charge is 0.497 e. The van der Waals surface area contributed by atoms with E-state index in [1.54, 1.807) is 7.11 Å². The van der Waals surface area contributed by atoms with Crippen LogP contribution in [-0.4, -0.2) is 60.8 Å². The van der Waals surface area contributed by atoms with E-state index in [1.165, 1.54) is 24.1 Å². The third-order valence-electron chi connectivity index (χ3n) is 6.92. The number of benzene rings is 2. The molecule has 1 N–H and O–H groups in total. The molecule has 2 aromatic rings. The van der Waals surface area contributed by atoms with Crippen LogP contribution in [0.5, 0.6) is 5.75 Å². The standard InChI is InChI=1S/C25H34N2O2/c1-29-24-9-5-8-22(16-24)17-25(20-28)11-14-27(15-12-25)23-10-13-26(19-23)18-21-6-3-2-4-7-21/h2-9,16,23,28H,10-15,17-20H2,1H3. The topological polar surface area (TPSA) is 35.9 Å². The molecule has 0 bridgehead atoms. The zero-order chi connectivity index (χ0) is 20.1. The molecule has 1 unspecified atom stereocenters. The quantitative estimate of drug-likeness (QED) is 0.779. The van der Waals surface area contributed by atoms with Crippen molar-refractivity contribution in [3.63, 3.8) is 0 Å². The first-order chi connectivity index (χ1) is 14.2. The fourth-order valence-corrected chi connectivity index (χ4v) is 5.07. The van der Waals surface area contributed by atoms with Gasteiger partial charge in [0.1, 0.15) is 5.75 Å². The number of nitrogens with zero attached hydrogens (tertiary/aromatic N) is 2. The molecule has 0 radical (unpaired) electrons. The summed E-state index contributed by atoms with van der Waals surface area (Å²) >= 11 is 0. The highest BCUT2D eigenvalue weighted by atomic mass is 16.5. The smallest absolute Gasteiger partial charge is 0.119 e. The highest BCUT2D eigenvalue weighted by Gasteiger charge is 2.37.